The molecule has 0 aliphatic rings. The number of nitrogens with zero attached hydrogens (tertiary/aromatic N) is 1. The van der Waals surface area contributed by atoms with Crippen LogP contribution in [0.3, 0.4) is 0 Å². The van der Waals surface area contributed by atoms with Crippen molar-refractivity contribution in [3.8, 4) is 23.0 Å². The second kappa shape index (κ2) is 12.2. The maximum Gasteiger partial charge on any atom is 0.343 e. The zero-order valence-corrected chi connectivity index (χ0v) is 20.5. The number of fused-ring (bicyclic) bond motifs is 1. The number of esters is 1. The summed E-state index contributed by atoms with van der Waals surface area (Å²) in [7, 11) is 1.57. The molecule has 0 atom stereocenters. The van der Waals surface area contributed by atoms with Crippen molar-refractivity contribution in [3.05, 3.63) is 96.1 Å². The third kappa shape index (κ3) is 6.64. The number of methoxy groups -OCH3 is 1. The lowest BCUT2D eigenvalue weighted by Crippen LogP contribution is -2.24. The molecule has 0 fully saturated rings. The summed E-state index contributed by atoms with van der Waals surface area (Å²) in [6, 6.07) is 24.8. The predicted octanol–water partition coefficient (Wildman–Crippen LogP) is 5.00. The van der Waals surface area contributed by atoms with Crippen LogP contribution in [0.2, 0.25) is 0 Å². The Morgan fingerprint density at radius 2 is 1.51 bits per heavy atom. The average molecular weight is 499 g/mol. The molecule has 0 unspecified atom stereocenters. The fourth-order valence-corrected chi connectivity index (χ4v) is 3.53. The smallest absolute Gasteiger partial charge is 0.343 e. The van der Waals surface area contributed by atoms with Gasteiger partial charge >= 0.3 is 5.97 Å². The minimum Gasteiger partial charge on any atom is -0.497 e. The van der Waals surface area contributed by atoms with Gasteiger partial charge in [0, 0.05) is 5.56 Å². The van der Waals surface area contributed by atoms with E-state index < -0.39 is 11.9 Å². The van der Waals surface area contributed by atoms with Crippen LogP contribution in [0, 0.1) is 0 Å². The number of benzene rings is 4. The first-order valence-electron chi connectivity index (χ1n) is 11.6. The molecular weight excluding hydrogens is 472 g/mol. The number of carbonyl (C=O) groups excluding carboxylic acids is 2. The van der Waals surface area contributed by atoms with Crippen molar-refractivity contribution >= 4 is 28.9 Å². The van der Waals surface area contributed by atoms with E-state index in [1.807, 2.05) is 37.3 Å². The van der Waals surface area contributed by atoms with Crippen LogP contribution in [-0.2, 0) is 4.79 Å². The van der Waals surface area contributed by atoms with Crippen LogP contribution in [0.15, 0.2) is 90.0 Å². The van der Waals surface area contributed by atoms with Crippen molar-refractivity contribution in [1.82, 2.24) is 5.43 Å². The molecule has 0 bridgehead atoms. The van der Waals surface area contributed by atoms with Crippen LogP contribution >= 0.6 is 0 Å². The molecule has 1 amide bonds. The van der Waals surface area contributed by atoms with Crippen molar-refractivity contribution in [2.45, 2.75) is 6.92 Å². The normalized spacial score (nSPS) is 10.8. The molecule has 0 aliphatic carbocycles. The van der Waals surface area contributed by atoms with E-state index in [0.29, 0.717) is 40.7 Å². The number of hydrogen-bond acceptors (Lipinski definition) is 7. The molecule has 188 valence electrons. The van der Waals surface area contributed by atoms with Crippen molar-refractivity contribution < 1.29 is 28.5 Å². The first-order valence-corrected chi connectivity index (χ1v) is 11.6. The molecule has 1 N–H and O–H groups in total. The molecule has 4 aromatic carbocycles. The highest BCUT2D eigenvalue weighted by Gasteiger charge is 2.14. The molecule has 0 radical (unpaired) electrons. The van der Waals surface area contributed by atoms with Crippen LogP contribution in [0.1, 0.15) is 22.8 Å². The first kappa shape index (κ1) is 25.2. The highest BCUT2D eigenvalue weighted by atomic mass is 16.5. The van der Waals surface area contributed by atoms with E-state index in [2.05, 4.69) is 10.5 Å². The van der Waals surface area contributed by atoms with Gasteiger partial charge in [-0.25, -0.2) is 10.2 Å². The fourth-order valence-electron chi connectivity index (χ4n) is 3.53. The van der Waals surface area contributed by atoms with E-state index in [-0.39, 0.29) is 6.61 Å². The number of hydrazone groups is 1. The molecule has 37 heavy (non-hydrogen) atoms. The van der Waals surface area contributed by atoms with Crippen LogP contribution in [0.5, 0.6) is 23.0 Å². The summed E-state index contributed by atoms with van der Waals surface area (Å²) in [6.45, 7) is 2.20. The molecule has 0 aliphatic heterocycles. The fraction of sp³-hybridized carbons (Fsp3) is 0.138. The van der Waals surface area contributed by atoms with Gasteiger partial charge < -0.3 is 18.9 Å². The Kier molecular flexibility index (Phi) is 8.33. The van der Waals surface area contributed by atoms with Crippen LogP contribution < -0.4 is 24.4 Å². The largest absolute Gasteiger partial charge is 0.497 e. The minimum atomic E-state index is -0.523. The van der Waals surface area contributed by atoms with Crippen LogP contribution in [0.4, 0.5) is 0 Å². The van der Waals surface area contributed by atoms with Gasteiger partial charge in [-0.1, -0.05) is 30.3 Å². The monoisotopic (exact) mass is 498 g/mol. The molecule has 0 saturated heterocycles. The van der Waals surface area contributed by atoms with E-state index >= 15 is 0 Å². The van der Waals surface area contributed by atoms with Crippen molar-refractivity contribution in [3.63, 3.8) is 0 Å². The Bertz CT molecular complexity index is 1400. The number of hydrogen-bond donors (Lipinski definition) is 1. The van der Waals surface area contributed by atoms with Gasteiger partial charge in [-0.15, -0.1) is 0 Å². The number of ether oxygens (including phenoxy) is 4. The van der Waals surface area contributed by atoms with Gasteiger partial charge in [0.25, 0.3) is 5.91 Å². The summed E-state index contributed by atoms with van der Waals surface area (Å²) < 4.78 is 21.7. The highest BCUT2D eigenvalue weighted by molar-refractivity contribution is 6.04. The molecule has 0 aromatic heterocycles. The van der Waals surface area contributed by atoms with Crippen LogP contribution in [-0.4, -0.2) is 38.4 Å². The zero-order chi connectivity index (χ0) is 26.0. The van der Waals surface area contributed by atoms with Gasteiger partial charge in [0.05, 0.1) is 25.5 Å². The van der Waals surface area contributed by atoms with E-state index in [0.717, 1.165) is 10.8 Å². The average Bonchev–Trinajstić information content (AvgIpc) is 2.93. The van der Waals surface area contributed by atoms with Crippen molar-refractivity contribution in [2.75, 3.05) is 20.3 Å². The minimum absolute atomic E-state index is 0.223. The molecule has 0 spiro atoms. The van der Waals surface area contributed by atoms with Gasteiger partial charge in [0.2, 0.25) is 0 Å². The van der Waals surface area contributed by atoms with Gasteiger partial charge in [0.15, 0.2) is 6.61 Å². The lowest BCUT2D eigenvalue weighted by atomic mass is 10.0. The van der Waals surface area contributed by atoms with Gasteiger partial charge in [-0.3, -0.25) is 4.79 Å². The molecule has 0 saturated carbocycles. The summed E-state index contributed by atoms with van der Waals surface area (Å²) in [6.07, 6.45) is 1.45. The molecule has 4 aromatic rings. The second-order valence-corrected chi connectivity index (χ2v) is 7.80. The zero-order valence-electron chi connectivity index (χ0n) is 20.5. The SMILES string of the molecule is CCOc1ccc(C(=O)Oc2ccc3ccccc3c2/C=N/NC(=O)COc2ccc(OC)cc2)cc1. The number of amides is 1. The molecule has 8 nitrogen and oxygen atoms in total. The highest BCUT2D eigenvalue weighted by Crippen LogP contribution is 2.27. The molecule has 4 rings (SSSR count). The summed E-state index contributed by atoms with van der Waals surface area (Å²) in [5.74, 6) is 1.23. The summed E-state index contributed by atoms with van der Waals surface area (Å²) in [5, 5.41) is 5.81. The number of carbonyl (C=O) groups is 2. The molecular formula is C29H26N2O6. The Labute approximate surface area is 214 Å². The maximum atomic E-state index is 12.8. The maximum absolute atomic E-state index is 12.8. The predicted molar refractivity (Wildman–Crippen MR) is 141 cm³/mol. The summed E-state index contributed by atoms with van der Waals surface area (Å²) in [4.78, 5) is 25.1. The second-order valence-electron chi connectivity index (χ2n) is 7.80. The quantitative estimate of drug-likeness (QED) is 0.143. The third-order valence-corrected chi connectivity index (χ3v) is 5.35. The standard InChI is InChI=1S/C29H26N2O6/c1-3-35-23-11-8-21(9-12-23)29(33)37-27-17-10-20-6-4-5-7-25(20)26(27)18-30-31-28(32)19-36-24-15-13-22(34-2)14-16-24/h4-18H,3,19H2,1-2H3,(H,31,32)/b30-18+. The van der Waals surface area contributed by atoms with Gasteiger partial charge in [-0.05, 0) is 72.3 Å². The van der Waals surface area contributed by atoms with E-state index in [1.54, 1.807) is 61.7 Å². The van der Waals surface area contributed by atoms with Gasteiger partial charge in [-0.2, -0.15) is 5.10 Å². The molecule has 8 heteroatoms. The van der Waals surface area contributed by atoms with Crippen molar-refractivity contribution in [1.29, 1.82) is 0 Å². The Hall–Kier alpha value is -4.85. The Balaban J connectivity index is 1.46. The number of nitrogens with one attached hydrogen (secondary N) is 1. The van der Waals surface area contributed by atoms with Gasteiger partial charge in [0.1, 0.15) is 23.0 Å². The van der Waals surface area contributed by atoms with E-state index in [4.69, 9.17) is 18.9 Å². The van der Waals surface area contributed by atoms with E-state index in [1.165, 1.54) is 6.21 Å². The summed E-state index contributed by atoms with van der Waals surface area (Å²) in [5.41, 5.74) is 3.37. The Morgan fingerprint density at radius 3 is 2.24 bits per heavy atom. The van der Waals surface area contributed by atoms with Crippen molar-refractivity contribution in [2.24, 2.45) is 5.10 Å². The first-order chi connectivity index (χ1) is 18.1. The van der Waals surface area contributed by atoms with E-state index in [9.17, 15) is 9.59 Å². The third-order valence-electron chi connectivity index (χ3n) is 5.35. The molecule has 0 heterocycles. The topological polar surface area (TPSA) is 95.5 Å². The summed E-state index contributed by atoms with van der Waals surface area (Å²) >= 11 is 0. The number of rotatable bonds is 10. The lowest BCUT2D eigenvalue weighted by molar-refractivity contribution is -0.123. The van der Waals surface area contributed by atoms with Crippen LogP contribution in [0.25, 0.3) is 10.8 Å². The Morgan fingerprint density at radius 1 is 0.838 bits per heavy atom. The lowest BCUT2D eigenvalue weighted by Gasteiger charge is -2.11.